The number of nitrogens with zero attached hydrogens (tertiary/aromatic N) is 1. The monoisotopic (exact) mass is 270 g/mol. The van der Waals surface area contributed by atoms with Gasteiger partial charge in [-0.1, -0.05) is 17.7 Å². The van der Waals surface area contributed by atoms with E-state index in [-0.39, 0.29) is 18.9 Å². The summed E-state index contributed by atoms with van der Waals surface area (Å²) in [5, 5.41) is 9.29. The minimum Gasteiger partial charge on any atom is -0.480 e. The van der Waals surface area contributed by atoms with Crippen molar-refractivity contribution in [3.05, 3.63) is 29.3 Å². The first-order valence-corrected chi connectivity index (χ1v) is 5.90. The maximum absolute atomic E-state index is 11.9. The molecule has 0 aliphatic rings. The molecule has 0 unspecified atom stereocenters. The molecule has 0 aliphatic carbocycles. The van der Waals surface area contributed by atoms with Crippen LogP contribution in [0, 0.1) is 0 Å². The lowest BCUT2D eigenvalue weighted by molar-refractivity contribution is -0.136. The minimum atomic E-state index is -1.07. The molecule has 98 valence electrons. The van der Waals surface area contributed by atoms with E-state index in [1.165, 1.54) is 4.90 Å². The van der Waals surface area contributed by atoms with E-state index in [0.29, 0.717) is 23.7 Å². The number of aliphatic carboxylic acids is 1. The average molecular weight is 271 g/mol. The number of nitrogens with two attached hydrogens (primary N) is 1. The number of carboxylic acid groups (broad SMARTS) is 1. The van der Waals surface area contributed by atoms with E-state index in [0.717, 1.165) is 0 Å². The van der Waals surface area contributed by atoms with Crippen LogP contribution in [0.2, 0.25) is 5.02 Å². The Kier molecular flexibility index (Phi) is 5.61. The zero-order chi connectivity index (χ0) is 13.5. The zero-order valence-corrected chi connectivity index (χ0v) is 10.6. The van der Waals surface area contributed by atoms with Gasteiger partial charge in [-0.2, -0.15) is 0 Å². The second kappa shape index (κ2) is 6.98. The van der Waals surface area contributed by atoms with E-state index in [4.69, 9.17) is 22.4 Å². The predicted molar refractivity (Wildman–Crippen MR) is 69.7 cm³/mol. The van der Waals surface area contributed by atoms with Crippen LogP contribution in [0.1, 0.15) is 12.8 Å². The molecule has 18 heavy (non-hydrogen) atoms. The van der Waals surface area contributed by atoms with E-state index < -0.39 is 5.97 Å². The molecule has 1 aromatic carbocycles. The number of amides is 1. The molecule has 0 heterocycles. The molecule has 1 rings (SSSR count). The highest BCUT2D eigenvalue weighted by Gasteiger charge is 2.18. The Morgan fingerprint density at radius 2 is 2.11 bits per heavy atom. The molecule has 3 N–H and O–H groups in total. The maximum atomic E-state index is 11.9. The van der Waals surface area contributed by atoms with Crippen molar-refractivity contribution >= 4 is 29.2 Å². The first kappa shape index (κ1) is 14.5. The van der Waals surface area contributed by atoms with Crippen LogP contribution in [0.4, 0.5) is 5.69 Å². The molecule has 0 saturated heterocycles. The molecule has 0 bridgehead atoms. The van der Waals surface area contributed by atoms with Gasteiger partial charge in [0, 0.05) is 17.1 Å². The Morgan fingerprint density at radius 3 is 2.67 bits per heavy atom. The Morgan fingerprint density at radius 1 is 1.39 bits per heavy atom. The smallest absolute Gasteiger partial charge is 0.323 e. The van der Waals surface area contributed by atoms with Crippen LogP contribution in [0.3, 0.4) is 0 Å². The Balaban J connectivity index is 2.90. The second-order valence-electron chi connectivity index (χ2n) is 3.75. The third-order valence-corrected chi connectivity index (χ3v) is 2.54. The number of benzene rings is 1. The van der Waals surface area contributed by atoms with Crippen molar-refractivity contribution < 1.29 is 14.7 Å². The summed E-state index contributed by atoms with van der Waals surface area (Å²) in [5.74, 6) is -1.35. The minimum absolute atomic E-state index is 0.219. The van der Waals surface area contributed by atoms with Crippen molar-refractivity contribution in [2.45, 2.75) is 12.8 Å². The topological polar surface area (TPSA) is 83.6 Å². The first-order valence-electron chi connectivity index (χ1n) is 5.52. The van der Waals surface area contributed by atoms with E-state index in [1.54, 1.807) is 24.3 Å². The Bertz CT molecular complexity index is 437. The number of carbonyl (C=O) groups excluding carboxylic acids is 1. The van der Waals surface area contributed by atoms with Crippen LogP contribution in [0.25, 0.3) is 0 Å². The maximum Gasteiger partial charge on any atom is 0.323 e. The van der Waals surface area contributed by atoms with Gasteiger partial charge in [-0.25, -0.2) is 0 Å². The fourth-order valence-electron chi connectivity index (χ4n) is 1.49. The summed E-state index contributed by atoms with van der Waals surface area (Å²) in [6.45, 7) is 0.00590. The summed E-state index contributed by atoms with van der Waals surface area (Å²) in [6, 6.07) is 6.54. The molecule has 0 atom stereocenters. The first-order chi connectivity index (χ1) is 8.54. The molecule has 0 radical (unpaired) electrons. The van der Waals surface area contributed by atoms with Crippen molar-refractivity contribution in [1.82, 2.24) is 0 Å². The number of rotatable bonds is 6. The number of hydrogen-bond donors (Lipinski definition) is 2. The average Bonchev–Trinajstić information content (AvgIpc) is 2.32. The van der Waals surface area contributed by atoms with Gasteiger partial charge in [-0.15, -0.1) is 0 Å². The lowest BCUT2D eigenvalue weighted by Crippen LogP contribution is -2.35. The Hall–Kier alpha value is -1.59. The van der Waals surface area contributed by atoms with Gasteiger partial charge in [0.15, 0.2) is 0 Å². The van der Waals surface area contributed by atoms with Crippen molar-refractivity contribution in [3.8, 4) is 0 Å². The molecule has 0 saturated carbocycles. The van der Waals surface area contributed by atoms with Crippen LogP contribution in [-0.2, 0) is 9.59 Å². The van der Waals surface area contributed by atoms with Crippen LogP contribution in [0.5, 0.6) is 0 Å². The summed E-state index contributed by atoms with van der Waals surface area (Å²) < 4.78 is 0. The van der Waals surface area contributed by atoms with Crippen molar-refractivity contribution in [2.24, 2.45) is 5.73 Å². The molecule has 1 amide bonds. The third-order valence-electron chi connectivity index (χ3n) is 2.31. The van der Waals surface area contributed by atoms with Gasteiger partial charge in [0.2, 0.25) is 5.91 Å². The van der Waals surface area contributed by atoms with E-state index in [1.807, 2.05) is 0 Å². The van der Waals surface area contributed by atoms with Gasteiger partial charge in [-0.05, 0) is 31.2 Å². The molecule has 0 aliphatic heterocycles. The van der Waals surface area contributed by atoms with Gasteiger partial charge in [-0.3, -0.25) is 9.59 Å². The third kappa shape index (κ3) is 4.35. The largest absolute Gasteiger partial charge is 0.480 e. The van der Waals surface area contributed by atoms with Crippen molar-refractivity contribution in [2.75, 3.05) is 18.0 Å². The summed E-state index contributed by atoms with van der Waals surface area (Å²) in [7, 11) is 0. The number of halogens is 1. The molecule has 0 spiro atoms. The van der Waals surface area contributed by atoms with Gasteiger partial charge < -0.3 is 15.7 Å². The lowest BCUT2D eigenvalue weighted by atomic mass is 10.2. The number of carboxylic acids is 1. The highest BCUT2D eigenvalue weighted by molar-refractivity contribution is 6.30. The van der Waals surface area contributed by atoms with E-state index in [9.17, 15) is 9.59 Å². The molecule has 0 fully saturated rings. The summed E-state index contributed by atoms with van der Waals surface area (Å²) in [6.07, 6.45) is 0.742. The summed E-state index contributed by atoms with van der Waals surface area (Å²) in [5.41, 5.74) is 5.81. The van der Waals surface area contributed by atoms with Gasteiger partial charge in [0.1, 0.15) is 6.54 Å². The van der Waals surface area contributed by atoms with Crippen LogP contribution in [0.15, 0.2) is 24.3 Å². The van der Waals surface area contributed by atoms with Crippen LogP contribution >= 0.6 is 11.6 Å². The van der Waals surface area contributed by atoms with Crippen LogP contribution in [-0.4, -0.2) is 30.1 Å². The van der Waals surface area contributed by atoms with Gasteiger partial charge in [0.05, 0.1) is 0 Å². The number of hydrogen-bond acceptors (Lipinski definition) is 3. The highest BCUT2D eigenvalue weighted by Crippen LogP contribution is 2.20. The zero-order valence-electron chi connectivity index (χ0n) is 9.80. The SMILES string of the molecule is NCCCC(=O)N(CC(=O)O)c1cccc(Cl)c1. The molecule has 6 heteroatoms. The van der Waals surface area contributed by atoms with Crippen LogP contribution < -0.4 is 10.6 Å². The highest BCUT2D eigenvalue weighted by atomic mass is 35.5. The summed E-state index contributed by atoms with van der Waals surface area (Å²) in [4.78, 5) is 23.9. The number of carbonyl (C=O) groups is 2. The summed E-state index contributed by atoms with van der Waals surface area (Å²) >= 11 is 5.83. The molecule has 5 nitrogen and oxygen atoms in total. The van der Waals surface area contributed by atoms with E-state index >= 15 is 0 Å². The second-order valence-corrected chi connectivity index (χ2v) is 4.18. The fourth-order valence-corrected chi connectivity index (χ4v) is 1.68. The molecule has 1 aromatic rings. The quantitative estimate of drug-likeness (QED) is 0.820. The fraction of sp³-hybridized carbons (Fsp3) is 0.333. The Labute approximate surface area is 110 Å². The number of anilines is 1. The lowest BCUT2D eigenvalue weighted by Gasteiger charge is -2.21. The van der Waals surface area contributed by atoms with E-state index in [2.05, 4.69) is 0 Å². The predicted octanol–water partition coefficient (Wildman–Crippen LogP) is 1.50. The molecule has 0 aromatic heterocycles. The van der Waals surface area contributed by atoms with Gasteiger partial charge >= 0.3 is 5.97 Å². The molecular formula is C12H15ClN2O3. The standard InChI is InChI=1S/C12H15ClN2O3/c13-9-3-1-4-10(7-9)15(8-12(17)18)11(16)5-2-6-14/h1,3-4,7H,2,5-6,8,14H2,(H,17,18). The van der Waals surface area contributed by atoms with Crippen molar-refractivity contribution in [1.29, 1.82) is 0 Å². The molecular weight excluding hydrogens is 256 g/mol. The van der Waals surface area contributed by atoms with Gasteiger partial charge in [0.25, 0.3) is 0 Å². The van der Waals surface area contributed by atoms with Crippen molar-refractivity contribution in [3.63, 3.8) is 0 Å². The normalized spacial score (nSPS) is 10.1.